The first-order valence-corrected chi connectivity index (χ1v) is 10.5. The van der Waals surface area contributed by atoms with Crippen LogP contribution >= 0.6 is 11.8 Å². The topological polar surface area (TPSA) is 103 Å². The highest BCUT2D eigenvalue weighted by atomic mass is 32.2. The molecule has 3 rings (SSSR count). The number of hydrogen-bond acceptors (Lipinski definition) is 7. The second-order valence-electron chi connectivity index (χ2n) is 6.72. The Hall–Kier alpha value is -3.25. The van der Waals surface area contributed by atoms with Crippen LogP contribution in [0.3, 0.4) is 0 Å². The number of methoxy groups -OCH3 is 1. The first-order chi connectivity index (χ1) is 15.7. The van der Waals surface area contributed by atoms with Crippen molar-refractivity contribution in [3.63, 3.8) is 0 Å². The fourth-order valence-corrected chi connectivity index (χ4v) is 3.56. The molecule has 1 aliphatic rings. The van der Waals surface area contributed by atoms with Crippen LogP contribution in [0, 0.1) is 0 Å². The van der Waals surface area contributed by atoms with Gasteiger partial charge in [0.15, 0.2) is 6.61 Å². The second-order valence-corrected chi connectivity index (χ2v) is 7.74. The number of benzene rings is 2. The number of anilines is 2. The highest BCUT2D eigenvalue weighted by Crippen LogP contribution is 2.35. The molecule has 1 heterocycles. The molecule has 0 radical (unpaired) electrons. The van der Waals surface area contributed by atoms with Gasteiger partial charge >= 0.3 is 12.1 Å². The number of halogens is 3. The molecule has 0 unspecified atom stereocenters. The van der Waals surface area contributed by atoms with E-state index in [1.54, 1.807) is 6.07 Å². The van der Waals surface area contributed by atoms with Crippen LogP contribution in [0.4, 0.5) is 24.5 Å². The van der Waals surface area contributed by atoms with Crippen molar-refractivity contribution in [2.75, 3.05) is 43.3 Å². The fraction of sp³-hybridized carbons (Fsp3) is 0.286. The zero-order chi connectivity index (χ0) is 24.0. The number of ether oxygens (including phenoxy) is 3. The molecule has 2 amide bonds. The summed E-state index contributed by atoms with van der Waals surface area (Å²) in [6.07, 6.45) is -4.63. The Morgan fingerprint density at radius 3 is 2.67 bits per heavy atom. The molecule has 2 N–H and O–H groups in total. The van der Waals surface area contributed by atoms with Crippen molar-refractivity contribution in [3.8, 4) is 5.75 Å². The molecule has 12 heteroatoms. The fourth-order valence-electron chi connectivity index (χ4n) is 2.78. The van der Waals surface area contributed by atoms with E-state index in [9.17, 15) is 27.6 Å². The van der Waals surface area contributed by atoms with Crippen molar-refractivity contribution in [1.82, 2.24) is 0 Å². The number of esters is 1. The van der Waals surface area contributed by atoms with Crippen molar-refractivity contribution < 1.29 is 41.8 Å². The molecular weight excluding hydrogens is 465 g/mol. The first-order valence-electron chi connectivity index (χ1n) is 9.54. The Morgan fingerprint density at radius 1 is 1.15 bits per heavy atom. The minimum Gasteiger partial charge on any atom is -0.489 e. The SMILES string of the molecule is COCCOc1ccc(C(F)(F)F)cc1NC(=O)COC(=O)c1ccc2c(c1)NC(=O)CS2. The number of carbonyl (C=O) groups excluding carboxylic acids is 3. The van der Waals surface area contributed by atoms with Crippen LogP contribution in [0.1, 0.15) is 15.9 Å². The zero-order valence-corrected chi connectivity index (χ0v) is 18.1. The van der Waals surface area contributed by atoms with E-state index in [4.69, 9.17) is 14.2 Å². The standard InChI is InChI=1S/C21H19F3N2O6S/c1-30-6-7-31-16-4-3-13(21(22,23)24)9-14(16)25-18(27)10-32-20(29)12-2-5-17-15(8-12)26-19(28)11-33-17/h2-5,8-9H,6-7,10-11H2,1H3,(H,25,27)(H,26,28). The lowest BCUT2D eigenvalue weighted by atomic mass is 10.1. The Kier molecular flexibility index (Phi) is 7.82. The number of thioether (sulfide) groups is 1. The summed E-state index contributed by atoms with van der Waals surface area (Å²) in [5, 5.41) is 4.91. The molecule has 0 atom stereocenters. The van der Waals surface area contributed by atoms with Gasteiger partial charge in [0.25, 0.3) is 5.91 Å². The van der Waals surface area contributed by atoms with E-state index in [2.05, 4.69) is 10.6 Å². The third-order valence-corrected chi connectivity index (χ3v) is 5.38. The predicted molar refractivity (Wildman–Crippen MR) is 114 cm³/mol. The maximum atomic E-state index is 13.1. The molecule has 2 aromatic rings. The molecule has 0 aliphatic carbocycles. The maximum absolute atomic E-state index is 13.1. The van der Waals surface area contributed by atoms with E-state index in [0.717, 1.165) is 23.1 Å². The van der Waals surface area contributed by atoms with Gasteiger partial charge in [-0.15, -0.1) is 11.8 Å². The summed E-state index contributed by atoms with van der Waals surface area (Å²) in [5.74, 6) is -1.63. The summed E-state index contributed by atoms with van der Waals surface area (Å²) in [6, 6.07) is 7.19. The third-order valence-electron chi connectivity index (χ3n) is 4.31. The van der Waals surface area contributed by atoms with E-state index < -0.39 is 30.2 Å². The molecule has 33 heavy (non-hydrogen) atoms. The Balaban J connectivity index is 1.65. The van der Waals surface area contributed by atoms with Crippen molar-refractivity contribution in [1.29, 1.82) is 0 Å². The summed E-state index contributed by atoms with van der Waals surface area (Å²) < 4.78 is 54.3. The van der Waals surface area contributed by atoms with Crippen molar-refractivity contribution in [2.24, 2.45) is 0 Å². The average molecular weight is 484 g/mol. The molecular formula is C21H19F3N2O6S. The van der Waals surface area contributed by atoms with Gasteiger partial charge in [0.05, 0.1) is 34.9 Å². The van der Waals surface area contributed by atoms with Gasteiger partial charge in [-0.2, -0.15) is 13.2 Å². The quantitative estimate of drug-likeness (QED) is 0.436. The Labute approximate surface area is 190 Å². The number of fused-ring (bicyclic) bond motifs is 1. The number of carbonyl (C=O) groups is 3. The highest BCUT2D eigenvalue weighted by Gasteiger charge is 2.31. The molecule has 176 valence electrons. The van der Waals surface area contributed by atoms with E-state index in [1.165, 1.54) is 31.0 Å². The molecule has 0 saturated heterocycles. The molecule has 1 aliphatic heterocycles. The van der Waals surface area contributed by atoms with Gasteiger partial charge in [0.2, 0.25) is 5.91 Å². The second kappa shape index (κ2) is 10.6. The van der Waals surface area contributed by atoms with E-state index in [0.29, 0.717) is 5.69 Å². The van der Waals surface area contributed by atoms with Crippen LogP contribution in [0.2, 0.25) is 0 Å². The summed E-state index contributed by atoms with van der Waals surface area (Å²) in [7, 11) is 1.43. The number of nitrogens with one attached hydrogen (secondary N) is 2. The minimum absolute atomic E-state index is 0.00246. The molecule has 0 bridgehead atoms. The van der Waals surface area contributed by atoms with Crippen LogP contribution in [0.25, 0.3) is 0 Å². The van der Waals surface area contributed by atoms with E-state index >= 15 is 0 Å². The van der Waals surface area contributed by atoms with Gasteiger partial charge in [-0.25, -0.2) is 4.79 Å². The Bertz CT molecular complexity index is 1060. The van der Waals surface area contributed by atoms with Gasteiger partial charge in [-0.3, -0.25) is 9.59 Å². The zero-order valence-electron chi connectivity index (χ0n) is 17.3. The normalized spacial score (nSPS) is 13.0. The summed E-state index contributed by atoms with van der Waals surface area (Å²) in [6.45, 7) is -0.510. The highest BCUT2D eigenvalue weighted by molar-refractivity contribution is 8.00. The summed E-state index contributed by atoms with van der Waals surface area (Å²) in [5.41, 5.74) is -0.651. The Morgan fingerprint density at radius 2 is 1.94 bits per heavy atom. The van der Waals surface area contributed by atoms with Gasteiger partial charge in [0.1, 0.15) is 12.4 Å². The molecule has 2 aromatic carbocycles. The van der Waals surface area contributed by atoms with Gasteiger partial charge in [-0.1, -0.05) is 0 Å². The number of rotatable bonds is 8. The monoisotopic (exact) mass is 484 g/mol. The summed E-state index contributed by atoms with van der Waals surface area (Å²) >= 11 is 1.32. The van der Waals surface area contributed by atoms with Crippen molar-refractivity contribution >= 4 is 40.9 Å². The van der Waals surface area contributed by atoms with Gasteiger partial charge < -0.3 is 24.8 Å². The van der Waals surface area contributed by atoms with Crippen LogP contribution in [-0.4, -0.2) is 50.5 Å². The lowest BCUT2D eigenvalue weighted by Gasteiger charge is -2.17. The minimum atomic E-state index is -4.63. The lowest BCUT2D eigenvalue weighted by Crippen LogP contribution is -2.22. The number of hydrogen-bond donors (Lipinski definition) is 2. The molecule has 0 aromatic heterocycles. The van der Waals surface area contributed by atoms with Gasteiger partial charge in [0, 0.05) is 12.0 Å². The average Bonchev–Trinajstić information content (AvgIpc) is 2.77. The lowest BCUT2D eigenvalue weighted by molar-refractivity contribution is -0.137. The summed E-state index contributed by atoms with van der Waals surface area (Å²) in [4.78, 5) is 36.8. The predicted octanol–water partition coefficient (Wildman–Crippen LogP) is 3.57. The van der Waals surface area contributed by atoms with E-state index in [1.807, 2.05) is 0 Å². The molecule has 0 saturated carbocycles. The molecule has 8 nitrogen and oxygen atoms in total. The van der Waals surface area contributed by atoms with Crippen molar-refractivity contribution in [3.05, 3.63) is 47.5 Å². The number of alkyl halides is 3. The maximum Gasteiger partial charge on any atom is 0.416 e. The number of amides is 2. The van der Waals surface area contributed by atoms with Crippen molar-refractivity contribution in [2.45, 2.75) is 11.1 Å². The molecule has 0 spiro atoms. The molecule has 0 fully saturated rings. The smallest absolute Gasteiger partial charge is 0.416 e. The van der Waals surface area contributed by atoms with Crippen LogP contribution < -0.4 is 15.4 Å². The van der Waals surface area contributed by atoms with Crippen LogP contribution in [-0.2, 0) is 25.2 Å². The van der Waals surface area contributed by atoms with E-state index in [-0.39, 0.29) is 41.9 Å². The van der Waals surface area contributed by atoms with Gasteiger partial charge in [-0.05, 0) is 36.4 Å². The van der Waals surface area contributed by atoms with Crippen LogP contribution in [0.15, 0.2) is 41.3 Å². The van der Waals surface area contributed by atoms with Crippen LogP contribution in [0.5, 0.6) is 5.75 Å². The third kappa shape index (κ3) is 6.62. The first kappa shape index (κ1) is 24.4. The largest absolute Gasteiger partial charge is 0.489 e.